The Morgan fingerprint density at radius 2 is 1.87 bits per heavy atom. The molecule has 158 valence electrons. The van der Waals surface area contributed by atoms with Gasteiger partial charge in [0, 0.05) is 46.8 Å². The van der Waals surface area contributed by atoms with E-state index in [1.54, 1.807) is 0 Å². The van der Waals surface area contributed by atoms with Gasteiger partial charge in [-0.3, -0.25) is 4.79 Å². The van der Waals surface area contributed by atoms with Crippen LogP contribution in [0.15, 0.2) is 48.5 Å². The average Bonchev–Trinajstić information content (AvgIpc) is 3.08. The van der Waals surface area contributed by atoms with E-state index in [4.69, 9.17) is 11.6 Å². The number of sulfone groups is 1. The van der Waals surface area contributed by atoms with E-state index in [0.29, 0.717) is 18.0 Å². The van der Waals surface area contributed by atoms with Crippen LogP contribution in [0.1, 0.15) is 48.5 Å². The third-order valence-electron chi connectivity index (χ3n) is 5.90. The second kappa shape index (κ2) is 8.08. The molecule has 1 aromatic heterocycles. The molecule has 3 aromatic rings. The first-order valence-corrected chi connectivity index (χ1v) is 12.5. The Morgan fingerprint density at radius 3 is 2.60 bits per heavy atom. The van der Waals surface area contributed by atoms with Gasteiger partial charge in [0.1, 0.15) is 9.84 Å². The van der Waals surface area contributed by atoms with E-state index in [1.807, 2.05) is 54.3 Å². The van der Waals surface area contributed by atoms with Gasteiger partial charge in [0.15, 0.2) is 0 Å². The van der Waals surface area contributed by atoms with E-state index in [1.165, 1.54) is 11.8 Å². The third kappa shape index (κ3) is 3.98. The van der Waals surface area contributed by atoms with Gasteiger partial charge in [0.2, 0.25) is 5.91 Å². The van der Waals surface area contributed by atoms with E-state index >= 15 is 0 Å². The van der Waals surface area contributed by atoms with Crippen molar-refractivity contribution in [2.75, 3.05) is 18.6 Å². The lowest BCUT2D eigenvalue weighted by Crippen LogP contribution is -2.41. The molecule has 0 aliphatic carbocycles. The van der Waals surface area contributed by atoms with E-state index < -0.39 is 9.84 Å². The Balaban J connectivity index is 1.74. The number of nitrogens with zero attached hydrogens (tertiary/aromatic N) is 1. The molecule has 2 atom stereocenters. The normalized spacial score (nSPS) is 19.1. The molecule has 5 nitrogen and oxygen atoms in total. The number of amides is 1. The molecule has 4 rings (SSSR count). The smallest absolute Gasteiger partial charge is 0.223 e. The third-order valence-corrected chi connectivity index (χ3v) is 7.27. The molecule has 0 fully saturated rings. The molecule has 2 unspecified atom stereocenters. The molecule has 0 spiro atoms. The quantitative estimate of drug-likeness (QED) is 0.621. The minimum Gasteiger partial charge on any atom is -0.356 e. The minimum atomic E-state index is -3.08. The maximum Gasteiger partial charge on any atom is 0.223 e. The Kier molecular flexibility index (Phi) is 5.64. The molecule has 0 saturated carbocycles. The number of para-hydroxylation sites is 1. The van der Waals surface area contributed by atoms with Crippen molar-refractivity contribution in [1.82, 2.24) is 9.88 Å². The van der Waals surface area contributed by atoms with Crippen LogP contribution < -0.4 is 0 Å². The van der Waals surface area contributed by atoms with Crippen molar-refractivity contribution in [2.45, 2.75) is 31.7 Å². The minimum absolute atomic E-state index is 0.0204. The van der Waals surface area contributed by atoms with Crippen LogP contribution in [0.4, 0.5) is 0 Å². The number of hydrogen-bond donors (Lipinski definition) is 1. The number of fused-ring (bicyclic) bond motifs is 3. The highest BCUT2D eigenvalue weighted by atomic mass is 35.5. The molecule has 2 heterocycles. The summed E-state index contributed by atoms with van der Waals surface area (Å²) in [5.41, 5.74) is 4.24. The van der Waals surface area contributed by atoms with Crippen LogP contribution in [-0.2, 0) is 14.6 Å². The van der Waals surface area contributed by atoms with Crippen LogP contribution in [-0.4, -0.2) is 42.8 Å². The van der Waals surface area contributed by atoms with E-state index in [2.05, 4.69) is 11.1 Å². The molecule has 0 saturated heterocycles. The van der Waals surface area contributed by atoms with E-state index in [-0.39, 0.29) is 30.0 Å². The van der Waals surface area contributed by atoms with Crippen molar-refractivity contribution in [2.24, 2.45) is 0 Å². The summed E-state index contributed by atoms with van der Waals surface area (Å²) < 4.78 is 22.9. The number of rotatable bonds is 5. The second-order valence-electron chi connectivity index (χ2n) is 8.03. The van der Waals surface area contributed by atoms with Gasteiger partial charge in [-0.15, -0.1) is 0 Å². The zero-order valence-corrected chi connectivity index (χ0v) is 18.6. The SMILES string of the molecule is CC1c2[nH]c3ccccc3c2C(c2ccccc2Cl)CN1C(=O)CCCS(C)(=O)=O. The van der Waals surface area contributed by atoms with Crippen LogP contribution >= 0.6 is 11.6 Å². The molecule has 1 N–H and O–H groups in total. The Morgan fingerprint density at radius 1 is 1.17 bits per heavy atom. The van der Waals surface area contributed by atoms with Crippen molar-refractivity contribution >= 4 is 38.2 Å². The maximum atomic E-state index is 13.1. The molecule has 7 heteroatoms. The van der Waals surface area contributed by atoms with E-state index in [9.17, 15) is 13.2 Å². The summed E-state index contributed by atoms with van der Waals surface area (Å²) in [6.07, 6.45) is 1.74. The zero-order valence-electron chi connectivity index (χ0n) is 17.1. The first kappa shape index (κ1) is 20.9. The largest absolute Gasteiger partial charge is 0.356 e. The zero-order chi connectivity index (χ0) is 21.5. The lowest BCUT2D eigenvalue weighted by molar-refractivity contribution is -0.134. The van der Waals surface area contributed by atoms with Crippen LogP contribution in [0.5, 0.6) is 0 Å². The molecule has 0 radical (unpaired) electrons. The van der Waals surface area contributed by atoms with Gasteiger partial charge in [-0.25, -0.2) is 8.42 Å². The number of aromatic amines is 1. The highest BCUT2D eigenvalue weighted by molar-refractivity contribution is 7.90. The average molecular weight is 445 g/mol. The van der Waals surface area contributed by atoms with Crippen LogP contribution in [0.2, 0.25) is 5.02 Å². The summed E-state index contributed by atoms with van der Waals surface area (Å²) >= 11 is 6.56. The number of carbonyl (C=O) groups is 1. The predicted molar refractivity (Wildman–Crippen MR) is 121 cm³/mol. The number of halogens is 1. The highest BCUT2D eigenvalue weighted by Gasteiger charge is 2.37. The summed E-state index contributed by atoms with van der Waals surface area (Å²) in [4.78, 5) is 18.4. The van der Waals surface area contributed by atoms with Crippen molar-refractivity contribution in [3.63, 3.8) is 0 Å². The van der Waals surface area contributed by atoms with Crippen LogP contribution in [0.3, 0.4) is 0 Å². The number of benzene rings is 2. The van der Waals surface area contributed by atoms with Gasteiger partial charge in [-0.2, -0.15) is 0 Å². The topological polar surface area (TPSA) is 70.2 Å². The molecule has 1 aliphatic rings. The summed E-state index contributed by atoms with van der Waals surface area (Å²) in [5, 5.41) is 1.83. The Hall–Kier alpha value is -2.31. The maximum absolute atomic E-state index is 13.1. The van der Waals surface area contributed by atoms with Crippen molar-refractivity contribution < 1.29 is 13.2 Å². The molecule has 1 aliphatic heterocycles. The number of aromatic nitrogens is 1. The van der Waals surface area contributed by atoms with Gasteiger partial charge >= 0.3 is 0 Å². The van der Waals surface area contributed by atoms with Gasteiger partial charge in [-0.05, 0) is 36.6 Å². The number of carbonyl (C=O) groups excluding carboxylic acids is 1. The summed E-state index contributed by atoms with van der Waals surface area (Å²) in [5.74, 6) is -0.0700. The standard InChI is InChI=1S/C23H25ClN2O3S/c1-15-23-22(17-9-4-6-11-20(17)25-23)18(16-8-3-5-10-19(16)24)14-26(15)21(27)12-7-13-30(2,28)29/h3-6,8-11,15,18,25H,7,12-14H2,1-2H3. The lowest BCUT2D eigenvalue weighted by atomic mass is 9.83. The number of nitrogens with one attached hydrogen (secondary N) is 1. The summed E-state index contributed by atoms with van der Waals surface area (Å²) in [7, 11) is -3.08. The molecule has 30 heavy (non-hydrogen) atoms. The van der Waals surface area contributed by atoms with Gasteiger partial charge in [-0.1, -0.05) is 48.0 Å². The summed E-state index contributed by atoms with van der Waals surface area (Å²) in [6.45, 7) is 2.53. The summed E-state index contributed by atoms with van der Waals surface area (Å²) in [6, 6.07) is 15.8. The van der Waals surface area contributed by atoms with Crippen molar-refractivity contribution in [1.29, 1.82) is 0 Å². The fourth-order valence-electron chi connectivity index (χ4n) is 4.45. The van der Waals surface area contributed by atoms with Gasteiger partial charge < -0.3 is 9.88 Å². The van der Waals surface area contributed by atoms with Gasteiger partial charge in [0.05, 0.1) is 11.8 Å². The fourth-order valence-corrected chi connectivity index (χ4v) is 5.39. The number of hydrogen-bond acceptors (Lipinski definition) is 3. The van der Waals surface area contributed by atoms with Crippen molar-refractivity contribution in [3.8, 4) is 0 Å². The predicted octanol–water partition coefficient (Wildman–Crippen LogP) is 4.68. The molecule has 2 aromatic carbocycles. The molecule has 1 amide bonds. The first-order valence-electron chi connectivity index (χ1n) is 10.1. The van der Waals surface area contributed by atoms with Crippen molar-refractivity contribution in [3.05, 3.63) is 70.4 Å². The lowest BCUT2D eigenvalue weighted by Gasteiger charge is -2.39. The Bertz CT molecular complexity index is 1200. The monoisotopic (exact) mass is 444 g/mol. The Labute approximate surface area is 182 Å². The molecule has 0 bridgehead atoms. The van der Waals surface area contributed by atoms with Crippen LogP contribution in [0, 0.1) is 0 Å². The van der Waals surface area contributed by atoms with Gasteiger partial charge in [0.25, 0.3) is 0 Å². The second-order valence-corrected chi connectivity index (χ2v) is 10.7. The fraction of sp³-hybridized carbons (Fsp3) is 0.348. The van der Waals surface area contributed by atoms with Crippen LogP contribution in [0.25, 0.3) is 10.9 Å². The molecular weight excluding hydrogens is 420 g/mol. The highest BCUT2D eigenvalue weighted by Crippen LogP contribution is 2.44. The van der Waals surface area contributed by atoms with E-state index in [0.717, 1.165) is 22.2 Å². The molecular formula is C23H25ClN2O3S. The number of H-pyrrole nitrogens is 1. The first-order chi connectivity index (χ1) is 14.3.